The van der Waals surface area contributed by atoms with Crippen molar-refractivity contribution in [3.63, 3.8) is 0 Å². The van der Waals surface area contributed by atoms with Crippen molar-refractivity contribution in [3.8, 4) is 11.1 Å². The lowest BCUT2D eigenvalue weighted by atomic mass is 9.93. The van der Waals surface area contributed by atoms with Gasteiger partial charge >= 0.3 is 5.97 Å². The van der Waals surface area contributed by atoms with Gasteiger partial charge in [0.2, 0.25) is 0 Å². The second-order valence-corrected chi connectivity index (χ2v) is 7.51. The van der Waals surface area contributed by atoms with Crippen molar-refractivity contribution < 1.29 is 9.90 Å². The van der Waals surface area contributed by atoms with Crippen LogP contribution in [0.15, 0.2) is 84.9 Å². The molecule has 0 spiro atoms. The molecule has 1 heterocycles. The highest BCUT2D eigenvalue weighted by Crippen LogP contribution is 2.32. The van der Waals surface area contributed by atoms with Crippen LogP contribution in [0.25, 0.3) is 11.1 Å². The van der Waals surface area contributed by atoms with Crippen molar-refractivity contribution in [3.05, 3.63) is 96.1 Å². The summed E-state index contributed by atoms with van der Waals surface area (Å²) in [5, 5.41) is 9.08. The van der Waals surface area contributed by atoms with E-state index < -0.39 is 5.97 Å². The molecule has 0 saturated carbocycles. The van der Waals surface area contributed by atoms with E-state index in [2.05, 4.69) is 77.7 Å². The molecule has 4 heteroatoms. The Morgan fingerprint density at radius 3 is 1.97 bits per heavy atom. The van der Waals surface area contributed by atoms with Crippen LogP contribution in [-0.2, 0) is 4.79 Å². The summed E-state index contributed by atoms with van der Waals surface area (Å²) in [7, 11) is 0. The van der Waals surface area contributed by atoms with Gasteiger partial charge in [0.15, 0.2) is 0 Å². The fourth-order valence-electron chi connectivity index (χ4n) is 4.14. The van der Waals surface area contributed by atoms with Crippen LogP contribution in [0, 0.1) is 0 Å². The topological polar surface area (TPSA) is 43.8 Å². The van der Waals surface area contributed by atoms with Gasteiger partial charge in [-0.2, -0.15) is 0 Å². The van der Waals surface area contributed by atoms with Crippen LogP contribution in [0.2, 0.25) is 0 Å². The predicted octanol–water partition coefficient (Wildman–Crippen LogP) is 4.78. The van der Waals surface area contributed by atoms with E-state index in [1.165, 1.54) is 22.3 Å². The van der Waals surface area contributed by atoms with E-state index in [-0.39, 0.29) is 20.0 Å². The lowest BCUT2D eigenvalue weighted by Crippen LogP contribution is -2.49. The van der Waals surface area contributed by atoms with E-state index in [1.807, 2.05) is 17.0 Å². The number of hydrogen-bond acceptors (Lipinski definition) is 3. The van der Waals surface area contributed by atoms with E-state index in [0.717, 1.165) is 26.2 Å². The first-order valence-corrected chi connectivity index (χ1v) is 10.1. The van der Waals surface area contributed by atoms with Crippen LogP contribution in [0.5, 0.6) is 0 Å². The quantitative estimate of drug-likeness (QED) is 0.644. The Bertz CT molecular complexity index is 936. The molecule has 1 fully saturated rings. The minimum absolute atomic E-state index is 0. The van der Waals surface area contributed by atoms with Gasteiger partial charge < -0.3 is 5.11 Å². The highest BCUT2D eigenvalue weighted by Gasteiger charge is 2.27. The molecule has 156 valence electrons. The van der Waals surface area contributed by atoms with E-state index in [0.29, 0.717) is 0 Å². The summed E-state index contributed by atoms with van der Waals surface area (Å²) in [5.74, 6) is -0.756. The van der Waals surface area contributed by atoms with E-state index in [9.17, 15) is 4.79 Å². The predicted molar refractivity (Wildman–Crippen MR) is 123 cm³/mol. The molecule has 0 aliphatic carbocycles. The Labute approximate surface area is 179 Å². The molecule has 1 N–H and O–H groups in total. The number of carbonyl (C=O) groups is 1. The summed E-state index contributed by atoms with van der Waals surface area (Å²) < 4.78 is 0. The Hall–Kier alpha value is -2.95. The van der Waals surface area contributed by atoms with Crippen molar-refractivity contribution in [1.29, 1.82) is 0 Å². The molecule has 1 aliphatic heterocycles. The number of aliphatic carboxylic acids is 1. The van der Waals surface area contributed by atoms with Crippen molar-refractivity contribution in [1.82, 2.24) is 9.80 Å². The van der Waals surface area contributed by atoms with Gasteiger partial charge in [0.25, 0.3) is 0 Å². The van der Waals surface area contributed by atoms with Crippen LogP contribution in [0.1, 0.15) is 24.6 Å². The molecule has 4 nitrogen and oxygen atoms in total. The SMILES string of the molecule is C.O=C(O)CN1CCN(C(c2ccccc2)c2cccc(-c3ccccc3)c2)CC1. The van der Waals surface area contributed by atoms with Crippen LogP contribution >= 0.6 is 0 Å². The normalized spacial score (nSPS) is 15.9. The second-order valence-electron chi connectivity index (χ2n) is 7.51. The molecular weight excluding hydrogens is 372 g/mol. The van der Waals surface area contributed by atoms with Gasteiger partial charge in [0.05, 0.1) is 12.6 Å². The fourth-order valence-corrected chi connectivity index (χ4v) is 4.14. The van der Waals surface area contributed by atoms with Crippen LogP contribution in [0.4, 0.5) is 0 Å². The van der Waals surface area contributed by atoms with Gasteiger partial charge in [0, 0.05) is 26.2 Å². The minimum Gasteiger partial charge on any atom is -0.480 e. The summed E-state index contributed by atoms with van der Waals surface area (Å²) in [6.45, 7) is 3.36. The van der Waals surface area contributed by atoms with Gasteiger partial charge in [-0.3, -0.25) is 14.6 Å². The average molecular weight is 403 g/mol. The zero-order chi connectivity index (χ0) is 20.1. The number of benzene rings is 3. The maximum atomic E-state index is 11.0. The molecule has 1 atom stereocenters. The number of hydrogen-bond donors (Lipinski definition) is 1. The molecule has 0 radical (unpaired) electrons. The van der Waals surface area contributed by atoms with Gasteiger partial charge in [-0.15, -0.1) is 0 Å². The maximum absolute atomic E-state index is 11.0. The minimum atomic E-state index is -0.756. The number of nitrogens with zero attached hydrogens (tertiary/aromatic N) is 2. The molecule has 0 amide bonds. The Kier molecular flexibility index (Phi) is 7.39. The van der Waals surface area contributed by atoms with Gasteiger partial charge in [0.1, 0.15) is 0 Å². The average Bonchev–Trinajstić information content (AvgIpc) is 2.76. The standard InChI is InChI=1S/C25H26N2O2.CH4/c28-24(29)19-26-14-16-27(17-15-26)25(21-10-5-2-6-11-21)23-13-7-12-22(18-23)20-8-3-1-4-9-20;/h1-13,18,25H,14-17,19H2,(H,28,29);1H4. The molecule has 0 bridgehead atoms. The Morgan fingerprint density at radius 2 is 1.33 bits per heavy atom. The molecule has 3 aromatic rings. The lowest BCUT2D eigenvalue weighted by Gasteiger charge is -2.39. The first-order chi connectivity index (χ1) is 14.2. The van der Waals surface area contributed by atoms with Crippen molar-refractivity contribution in [2.45, 2.75) is 13.5 Å². The largest absolute Gasteiger partial charge is 0.480 e. The highest BCUT2D eigenvalue weighted by molar-refractivity contribution is 5.69. The van der Waals surface area contributed by atoms with E-state index >= 15 is 0 Å². The molecule has 4 rings (SSSR count). The second kappa shape index (κ2) is 10.2. The zero-order valence-corrected chi connectivity index (χ0v) is 16.4. The lowest BCUT2D eigenvalue weighted by molar-refractivity contribution is -0.138. The Morgan fingerprint density at radius 1 is 0.767 bits per heavy atom. The molecule has 3 aromatic carbocycles. The van der Waals surface area contributed by atoms with Crippen molar-refractivity contribution in [2.75, 3.05) is 32.7 Å². The Balaban J connectivity index is 0.00000256. The third-order valence-corrected chi connectivity index (χ3v) is 5.56. The summed E-state index contributed by atoms with van der Waals surface area (Å²) in [4.78, 5) is 15.5. The maximum Gasteiger partial charge on any atom is 0.317 e. The third kappa shape index (κ3) is 5.15. The molecule has 1 aliphatic rings. The monoisotopic (exact) mass is 402 g/mol. The first kappa shape index (κ1) is 21.8. The number of piperazine rings is 1. The molecular formula is C26H30N2O2. The molecule has 30 heavy (non-hydrogen) atoms. The molecule has 0 aromatic heterocycles. The highest BCUT2D eigenvalue weighted by atomic mass is 16.4. The smallest absolute Gasteiger partial charge is 0.317 e. The number of carboxylic acid groups (broad SMARTS) is 1. The first-order valence-electron chi connectivity index (χ1n) is 10.1. The van der Waals surface area contributed by atoms with Crippen LogP contribution in [-0.4, -0.2) is 53.6 Å². The zero-order valence-electron chi connectivity index (χ0n) is 16.4. The third-order valence-electron chi connectivity index (χ3n) is 5.56. The van der Waals surface area contributed by atoms with E-state index in [4.69, 9.17) is 5.11 Å². The summed E-state index contributed by atoms with van der Waals surface area (Å²) >= 11 is 0. The van der Waals surface area contributed by atoms with Gasteiger partial charge in [-0.05, 0) is 28.3 Å². The van der Waals surface area contributed by atoms with Crippen LogP contribution in [0.3, 0.4) is 0 Å². The van der Waals surface area contributed by atoms with Crippen molar-refractivity contribution >= 4 is 5.97 Å². The number of carboxylic acids is 1. The molecule has 1 saturated heterocycles. The molecule has 1 unspecified atom stereocenters. The number of rotatable bonds is 6. The van der Waals surface area contributed by atoms with Crippen LogP contribution < -0.4 is 0 Å². The summed E-state index contributed by atoms with van der Waals surface area (Å²) in [6.07, 6.45) is 0. The van der Waals surface area contributed by atoms with E-state index in [1.54, 1.807) is 0 Å². The summed E-state index contributed by atoms with van der Waals surface area (Å²) in [5.41, 5.74) is 4.97. The fraction of sp³-hybridized carbons (Fsp3) is 0.269. The van der Waals surface area contributed by atoms with Crippen molar-refractivity contribution in [2.24, 2.45) is 0 Å². The van der Waals surface area contributed by atoms with Gasteiger partial charge in [-0.1, -0.05) is 86.3 Å². The van der Waals surface area contributed by atoms with Gasteiger partial charge in [-0.25, -0.2) is 0 Å². The summed E-state index contributed by atoms with van der Waals surface area (Å²) in [6, 6.07) is 30.0.